The van der Waals surface area contributed by atoms with Crippen LogP contribution in [0.25, 0.3) is 5.76 Å². The normalized spacial score (nSPS) is 16.8. The van der Waals surface area contributed by atoms with E-state index in [2.05, 4.69) is 4.98 Å². The van der Waals surface area contributed by atoms with Crippen molar-refractivity contribution in [3.63, 3.8) is 0 Å². The fourth-order valence-electron chi connectivity index (χ4n) is 4.31. The number of aliphatic hydroxyl groups excluding tert-OH is 1. The van der Waals surface area contributed by atoms with Gasteiger partial charge >= 0.3 is 11.9 Å². The minimum absolute atomic E-state index is 0.0261. The zero-order chi connectivity index (χ0) is 27.0. The Morgan fingerprint density at radius 1 is 1.11 bits per heavy atom. The maximum atomic E-state index is 13.5. The summed E-state index contributed by atoms with van der Waals surface area (Å²) in [6.07, 6.45) is 0. The van der Waals surface area contributed by atoms with E-state index in [1.165, 1.54) is 4.90 Å². The zero-order valence-electron chi connectivity index (χ0n) is 21.7. The molecular weight excluding hydrogens is 490 g/mol. The molecule has 0 saturated carbocycles. The summed E-state index contributed by atoms with van der Waals surface area (Å²) in [4.78, 5) is 47.3. The monoisotopic (exact) mass is 519 g/mol. The number of aliphatic hydroxyl groups is 1. The van der Waals surface area contributed by atoms with Crippen molar-refractivity contribution in [1.82, 2.24) is 4.98 Å². The predicted octanol–water partition coefficient (Wildman–Crippen LogP) is 4.94. The van der Waals surface area contributed by atoms with Crippen LogP contribution in [0.2, 0.25) is 0 Å². The van der Waals surface area contributed by atoms with Crippen LogP contribution in [-0.4, -0.2) is 48.5 Å². The van der Waals surface area contributed by atoms with E-state index in [0.717, 1.165) is 28.2 Å². The van der Waals surface area contributed by atoms with Crippen LogP contribution in [0.5, 0.6) is 0 Å². The Balaban J connectivity index is 1.94. The van der Waals surface area contributed by atoms with E-state index in [9.17, 15) is 19.5 Å². The number of esters is 1. The summed E-state index contributed by atoms with van der Waals surface area (Å²) in [5, 5.41) is 11.6. The van der Waals surface area contributed by atoms with Crippen LogP contribution in [0.1, 0.15) is 50.6 Å². The number of benzene rings is 2. The Morgan fingerprint density at radius 3 is 2.41 bits per heavy atom. The van der Waals surface area contributed by atoms with Gasteiger partial charge in [-0.15, -0.1) is 0 Å². The molecule has 1 saturated heterocycles. The molecule has 0 aliphatic carbocycles. The third-order valence-corrected chi connectivity index (χ3v) is 7.41. The lowest BCUT2D eigenvalue weighted by molar-refractivity contribution is -0.132. The molecule has 1 N–H and O–H groups in total. The SMILES string of the molecule is CCOC(=O)c1sc(N2C(=O)C(=O)/C(=C(/O)c3cc(C)ccc3C)C2c2ccc(N(C)C)cc2)nc1C. The summed E-state index contributed by atoms with van der Waals surface area (Å²) < 4.78 is 5.13. The molecule has 1 aromatic heterocycles. The van der Waals surface area contributed by atoms with Crippen molar-refractivity contribution in [1.29, 1.82) is 0 Å². The number of anilines is 2. The van der Waals surface area contributed by atoms with Crippen LogP contribution in [0.15, 0.2) is 48.0 Å². The molecule has 37 heavy (non-hydrogen) atoms. The fourth-order valence-corrected chi connectivity index (χ4v) is 5.29. The molecule has 2 heterocycles. The van der Waals surface area contributed by atoms with Crippen molar-refractivity contribution in [2.75, 3.05) is 30.5 Å². The molecule has 9 heteroatoms. The van der Waals surface area contributed by atoms with E-state index in [1.54, 1.807) is 19.9 Å². The van der Waals surface area contributed by atoms with Gasteiger partial charge in [-0.2, -0.15) is 0 Å². The minimum Gasteiger partial charge on any atom is -0.507 e. The second-order valence-corrected chi connectivity index (χ2v) is 10.1. The third-order valence-electron chi connectivity index (χ3n) is 6.27. The molecular formula is C28H29N3O5S. The van der Waals surface area contributed by atoms with E-state index >= 15 is 0 Å². The topological polar surface area (TPSA) is 100 Å². The molecule has 1 fully saturated rings. The first kappa shape index (κ1) is 26.1. The van der Waals surface area contributed by atoms with Crippen molar-refractivity contribution in [2.45, 2.75) is 33.7 Å². The summed E-state index contributed by atoms with van der Waals surface area (Å²) >= 11 is 0.987. The quantitative estimate of drug-likeness (QED) is 0.213. The average molecular weight is 520 g/mol. The maximum Gasteiger partial charge on any atom is 0.350 e. The molecule has 1 amide bonds. The van der Waals surface area contributed by atoms with E-state index in [1.807, 2.05) is 69.2 Å². The lowest BCUT2D eigenvalue weighted by atomic mass is 9.93. The standard InChI is InChI=1S/C28H29N3O5S/c1-7-36-27(35)25-17(4)29-28(37-25)31-22(18-10-12-19(13-11-18)30(5)6)21(24(33)26(31)34)23(32)20-14-15(2)8-9-16(20)3/h8-14,22,32H,7H2,1-6H3/b23-21+. The molecule has 3 aromatic rings. The van der Waals surface area contributed by atoms with E-state index in [-0.39, 0.29) is 27.9 Å². The number of amides is 1. The van der Waals surface area contributed by atoms with Gasteiger partial charge in [-0.1, -0.05) is 41.2 Å². The smallest absolute Gasteiger partial charge is 0.350 e. The van der Waals surface area contributed by atoms with Crippen molar-refractivity contribution in [2.24, 2.45) is 0 Å². The van der Waals surface area contributed by atoms with Gasteiger partial charge in [0.15, 0.2) is 5.13 Å². The van der Waals surface area contributed by atoms with Crippen LogP contribution in [0.3, 0.4) is 0 Å². The molecule has 1 unspecified atom stereocenters. The number of carbonyl (C=O) groups excluding carboxylic acids is 3. The van der Waals surface area contributed by atoms with E-state index in [0.29, 0.717) is 16.8 Å². The summed E-state index contributed by atoms with van der Waals surface area (Å²) in [6.45, 7) is 7.28. The number of ketones is 1. The highest BCUT2D eigenvalue weighted by molar-refractivity contribution is 7.17. The number of rotatable bonds is 6. The first-order valence-electron chi connectivity index (χ1n) is 11.9. The van der Waals surface area contributed by atoms with Gasteiger partial charge in [0.25, 0.3) is 5.78 Å². The van der Waals surface area contributed by atoms with Crippen LogP contribution < -0.4 is 9.80 Å². The largest absolute Gasteiger partial charge is 0.507 e. The summed E-state index contributed by atoms with van der Waals surface area (Å²) in [7, 11) is 3.83. The molecule has 1 aliphatic heterocycles. The highest BCUT2D eigenvalue weighted by atomic mass is 32.1. The number of thiazole rings is 1. The Bertz CT molecular complexity index is 1420. The Labute approximate surface area is 219 Å². The molecule has 1 aliphatic rings. The molecule has 2 aromatic carbocycles. The number of Topliss-reactive ketones (excluding diaryl/α,β-unsaturated/α-hetero) is 1. The Hall–Kier alpha value is -3.98. The van der Waals surface area contributed by atoms with Gasteiger partial charge in [0.1, 0.15) is 10.6 Å². The number of ether oxygens (including phenoxy) is 1. The second kappa shape index (κ2) is 10.2. The van der Waals surface area contributed by atoms with Gasteiger partial charge in [-0.25, -0.2) is 9.78 Å². The average Bonchev–Trinajstić information content (AvgIpc) is 3.37. The highest BCUT2D eigenvalue weighted by Crippen LogP contribution is 2.44. The van der Waals surface area contributed by atoms with Crippen molar-refractivity contribution in [3.05, 3.63) is 80.9 Å². The first-order valence-corrected chi connectivity index (χ1v) is 12.7. The lowest BCUT2D eigenvalue weighted by Crippen LogP contribution is -2.29. The molecule has 0 bridgehead atoms. The van der Waals surface area contributed by atoms with Crippen LogP contribution >= 0.6 is 11.3 Å². The lowest BCUT2D eigenvalue weighted by Gasteiger charge is -2.24. The van der Waals surface area contributed by atoms with Gasteiger partial charge in [-0.05, 0) is 57.0 Å². The number of carbonyl (C=O) groups is 3. The summed E-state index contributed by atoms with van der Waals surface area (Å²) in [5.74, 6) is -2.42. The predicted molar refractivity (Wildman–Crippen MR) is 144 cm³/mol. The van der Waals surface area contributed by atoms with Gasteiger partial charge in [0.2, 0.25) is 0 Å². The Morgan fingerprint density at radius 2 is 1.78 bits per heavy atom. The molecule has 192 valence electrons. The van der Waals surface area contributed by atoms with Gasteiger partial charge in [0.05, 0.1) is 23.9 Å². The van der Waals surface area contributed by atoms with Crippen LogP contribution in [-0.2, 0) is 14.3 Å². The third kappa shape index (κ3) is 4.74. The number of nitrogens with zero attached hydrogens (tertiary/aromatic N) is 3. The highest BCUT2D eigenvalue weighted by Gasteiger charge is 2.48. The van der Waals surface area contributed by atoms with Crippen LogP contribution in [0.4, 0.5) is 10.8 Å². The second-order valence-electron chi connectivity index (χ2n) is 9.10. The number of aromatic nitrogens is 1. The fraction of sp³-hybridized carbons (Fsp3) is 0.286. The first-order chi connectivity index (χ1) is 17.5. The molecule has 1 atom stereocenters. The summed E-state index contributed by atoms with van der Waals surface area (Å²) in [5.41, 5.74) is 4.09. The number of aryl methyl sites for hydroxylation is 3. The van der Waals surface area contributed by atoms with Crippen molar-refractivity contribution >= 4 is 45.6 Å². The van der Waals surface area contributed by atoms with Gasteiger partial charge in [-0.3, -0.25) is 14.5 Å². The number of hydrogen-bond donors (Lipinski definition) is 1. The maximum absolute atomic E-state index is 13.5. The molecule has 0 radical (unpaired) electrons. The van der Waals surface area contributed by atoms with Crippen molar-refractivity contribution in [3.8, 4) is 0 Å². The Kier molecular flexibility index (Phi) is 7.18. The minimum atomic E-state index is -0.934. The number of hydrogen-bond acceptors (Lipinski definition) is 8. The molecule has 4 rings (SSSR count). The zero-order valence-corrected chi connectivity index (χ0v) is 22.5. The van der Waals surface area contributed by atoms with Crippen molar-refractivity contribution < 1.29 is 24.2 Å². The van der Waals surface area contributed by atoms with Gasteiger partial charge in [0, 0.05) is 25.3 Å². The summed E-state index contributed by atoms with van der Waals surface area (Å²) in [6, 6.07) is 12.0. The molecule has 0 spiro atoms. The van der Waals surface area contributed by atoms with E-state index < -0.39 is 23.7 Å². The van der Waals surface area contributed by atoms with E-state index in [4.69, 9.17) is 4.74 Å². The van der Waals surface area contributed by atoms with Crippen LogP contribution in [0, 0.1) is 20.8 Å². The van der Waals surface area contributed by atoms with Gasteiger partial charge < -0.3 is 14.7 Å². The molecule has 8 nitrogen and oxygen atoms in total.